The quantitative estimate of drug-likeness (QED) is 0.875. The van der Waals surface area contributed by atoms with E-state index in [1.807, 2.05) is 11.0 Å². The van der Waals surface area contributed by atoms with Crippen LogP contribution in [-0.2, 0) is 9.53 Å². The number of hydrogen-bond acceptors (Lipinski definition) is 3. The lowest BCUT2D eigenvalue weighted by molar-refractivity contribution is -0.138. The molecular formula is C21H30FN2O2. The number of carbonyl (C=O) groups excluding carboxylic acids is 1. The molecule has 3 rings (SSSR count). The summed E-state index contributed by atoms with van der Waals surface area (Å²) in [6.07, 6.45) is 6.10. The zero-order valence-electron chi connectivity index (χ0n) is 15.8. The van der Waals surface area contributed by atoms with E-state index in [0.717, 1.165) is 38.0 Å². The van der Waals surface area contributed by atoms with Crippen molar-refractivity contribution in [1.82, 2.24) is 10.2 Å². The summed E-state index contributed by atoms with van der Waals surface area (Å²) in [6, 6.07) is 5.13. The van der Waals surface area contributed by atoms with E-state index in [0.29, 0.717) is 18.5 Å². The van der Waals surface area contributed by atoms with Gasteiger partial charge in [0, 0.05) is 26.7 Å². The third-order valence-electron chi connectivity index (χ3n) is 5.86. The summed E-state index contributed by atoms with van der Waals surface area (Å²) in [5, 5.41) is 3.33. The highest BCUT2D eigenvalue weighted by molar-refractivity contribution is 5.80. The molecule has 1 amide bonds. The minimum absolute atomic E-state index is 0.0617. The number of piperidine rings is 2. The Bertz CT molecular complexity index is 616. The minimum Gasteiger partial charge on any atom is -0.377 e. The summed E-state index contributed by atoms with van der Waals surface area (Å²) in [5.74, 6) is 0.121. The van der Waals surface area contributed by atoms with E-state index in [9.17, 15) is 9.18 Å². The summed E-state index contributed by atoms with van der Waals surface area (Å²) in [6.45, 7) is 5.04. The number of nitrogens with one attached hydrogen (secondary N) is 1. The van der Waals surface area contributed by atoms with Crippen LogP contribution in [0.3, 0.4) is 0 Å². The van der Waals surface area contributed by atoms with Crippen molar-refractivity contribution in [2.24, 2.45) is 11.8 Å². The van der Waals surface area contributed by atoms with Crippen LogP contribution < -0.4 is 5.32 Å². The standard InChI is InChI=1S/C21H30FN2O2/c1-15-17(7-6-8-19(15)22)20(26-2)13-16-9-10-23-14-18(16)21(25)24-11-4-3-5-12-24/h6-9,16,18,20,23H,3-5,10-14H2,1-2H3/t16?,18-,20?/m1/s1. The van der Waals surface area contributed by atoms with Crippen molar-refractivity contribution in [1.29, 1.82) is 0 Å². The van der Waals surface area contributed by atoms with E-state index >= 15 is 0 Å². The van der Waals surface area contributed by atoms with Crippen LogP contribution in [0.5, 0.6) is 0 Å². The molecule has 1 aromatic carbocycles. The van der Waals surface area contributed by atoms with Crippen LogP contribution >= 0.6 is 0 Å². The molecule has 2 fully saturated rings. The molecule has 4 nitrogen and oxygen atoms in total. The Hall–Kier alpha value is -1.46. The molecule has 2 unspecified atom stereocenters. The topological polar surface area (TPSA) is 41.6 Å². The number of likely N-dealkylation sites (tertiary alicyclic amines) is 1. The van der Waals surface area contributed by atoms with Gasteiger partial charge in [-0.05, 0) is 68.7 Å². The summed E-state index contributed by atoms with van der Waals surface area (Å²) < 4.78 is 19.7. The highest BCUT2D eigenvalue weighted by atomic mass is 19.1. The minimum atomic E-state index is -0.209. The Morgan fingerprint density at radius 1 is 1.35 bits per heavy atom. The molecule has 3 atom stereocenters. The highest BCUT2D eigenvalue weighted by Gasteiger charge is 2.36. The maximum atomic E-state index is 14.0. The first kappa shape index (κ1) is 19.3. The summed E-state index contributed by atoms with van der Waals surface area (Å²) >= 11 is 0. The zero-order chi connectivity index (χ0) is 18.5. The van der Waals surface area contributed by atoms with Crippen molar-refractivity contribution in [2.75, 3.05) is 33.3 Å². The van der Waals surface area contributed by atoms with Crippen LogP contribution in [0.15, 0.2) is 18.2 Å². The third-order valence-corrected chi connectivity index (χ3v) is 5.86. The summed E-state index contributed by atoms with van der Waals surface area (Å²) in [4.78, 5) is 15.1. The predicted octanol–water partition coefficient (Wildman–Crippen LogP) is 3.26. The Balaban J connectivity index is 1.74. The SMILES string of the molecule is COC(CC1[CH]CNC[C@H]1C(=O)N1CCCCC1)c1cccc(F)c1C. The molecule has 1 aromatic rings. The average Bonchev–Trinajstić information content (AvgIpc) is 2.69. The van der Waals surface area contributed by atoms with Crippen molar-refractivity contribution in [2.45, 2.75) is 38.7 Å². The normalized spacial score (nSPS) is 25.1. The van der Waals surface area contributed by atoms with Crippen molar-refractivity contribution in [3.05, 3.63) is 41.6 Å². The molecule has 0 bridgehead atoms. The molecule has 0 spiro atoms. The van der Waals surface area contributed by atoms with Gasteiger partial charge in [0.25, 0.3) is 0 Å². The van der Waals surface area contributed by atoms with Crippen molar-refractivity contribution in [3.63, 3.8) is 0 Å². The number of methoxy groups -OCH3 is 1. The second kappa shape index (κ2) is 8.96. The van der Waals surface area contributed by atoms with E-state index in [4.69, 9.17) is 4.74 Å². The van der Waals surface area contributed by atoms with Crippen molar-refractivity contribution >= 4 is 5.91 Å². The molecule has 0 saturated carbocycles. The zero-order valence-corrected chi connectivity index (χ0v) is 15.8. The lowest BCUT2D eigenvalue weighted by atomic mass is 9.80. The fourth-order valence-electron chi connectivity index (χ4n) is 4.24. The number of rotatable bonds is 5. The first-order valence-electron chi connectivity index (χ1n) is 9.72. The maximum absolute atomic E-state index is 14.0. The molecule has 2 heterocycles. The molecule has 0 aliphatic carbocycles. The van der Waals surface area contributed by atoms with Gasteiger partial charge in [-0.15, -0.1) is 0 Å². The second-order valence-electron chi connectivity index (χ2n) is 7.46. The van der Waals surface area contributed by atoms with Crippen molar-refractivity contribution in [3.8, 4) is 0 Å². The van der Waals surface area contributed by atoms with Crippen LogP contribution in [0.1, 0.15) is 42.9 Å². The fraction of sp³-hybridized carbons (Fsp3) is 0.619. The third kappa shape index (κ3) is 4.26. The first-order chi connectivity index (χ1) is 12.6. The molecule has 2 saturated heterocycles. The van der Waals surface area contributed by atoms with E-state index in [1.54, 1.807) is 20.1 Å². The average molecular weight is 361 g/mol. The van der Waals surface area contributed by atoms with Gasteiger partial charge < -0.3 is 15.0 Å². The Labute approximate surface area is 156 Å². The Kier molecular flexibility index (Phi) is 6.65. The number of halogens is 1. The number of amides is 1. The van der Waals surface area contributed by atoms with E-state index in [1.165, 1.54) is 12.5 Å². The molecule has 143 valence electrons. The molecule has 1 N–H and O–H groups in total. The predicted molar refractivity (Wildman–Crippen MR) is 100 cm³/mol. The number of benzene rings is 1. The monoisotopic (exact) mass is 361 g/mol. The molecule has 2 aliphatic heterocycles. The molecule has 1 radical (unpaired) electrons. The van der Waals surface area contributed by atoms with Gasteiger partial charge in [-0.25, -0.2) is 4.39 Å². The fourth-order valence-corrected chi connectivity index (χ4v) is 4.24. The largest absolute Gasteiger partial charge is 0.377 e. The van der Waals surface area contributed by atoms with Gasteiger partial charge in [-0.3, -0.25) is 4.79 Å². The van der Waals surface area contributed by atoms with Crippen LogP contribution in [0.4, 0.5) is 4.39 Å². The number of ether oxygens (including phenoxy) is 1. The van der Waals surface area contributed by atoms with Gasteiger partial charge in [-0.1, -0.05) is 12.1 Å². The van der Waals surface area contributed by atoms with E-state index < -0.39 is 0 Å². The molecule has 2 aliphatic rings. The van der Waals surface area contributed by atoms with Crippen molar-refractivity contribution < 1.29 is 13.9 Å². The van der Waals surface area contributed by atoms with E-state index in [-0.39, 0.29) is 29.7 Å². The molecule has 5 heteroatoms. The lowest BCUT2D eigenvalue weighted by Gasteiger charge is -2.37. The Morgan fingerprint density at radius 2 is 2.12 bits per heavy atom. The van der Waals surface area contributed by atoms with Gasteiger partial charge in [0.1, 0.15) is 5.82 Å². The summed E-state index contributed by atoms with van der Waals surface area (Å²) in [7, 11) is 1.66. The number of carbonyl (C=O) groups is 1. The van der Waals surface area contributed by atoms with Gasteiger partial charge >= 0.3 is 0 Å². The number of hydrogen-bond donors (Lipinski definition) is 1. The second-order valence-corrected chi connectivity index (χ2v) is 7.46. The van der Waals surface area contributed by atoms with Crippen LogP contribution in [-0.4, -0.2) is 44.1 Å². The van der Waals surface area contributed by atoms with Gasteiger partial charge in [0.15, 0.2) is 0 Å². The van der Waals surface area contributed by atoms with Gasteiger partial charge in [0.2, 0.25) is 5.91 Å². The summed E-state index contributed by atoms with van der Waals surface area (Å²) in [5.41, 5.74) is 1.51. The van der Waals surface area contributed by atoms with Gasteiger partial charge in [-0.2, -0.15) is 0 Å². The molecule has 0 aromatic heterocycles. The molecular weight excluding hydrogens is 331 g/mol. The van der Waals surface area contributed by atoms with Crippen LogP contribution in [0.25, 0.3) is 0 Å². The lowest BCUT2D eigenvalue weighted by Crippen LogP contribution is -2.49. The Morgan fingerprint density at radius 3 is 2.85 bits per heavy atom. The van der Waals surface area contributed by atoms with Crippen LogP contribution in [0.2, 0.25) is 0 Å². The smallest absolute Gasteiger partial charge is 0.227 e. The first-order valence-corrected chi connectivity index (χ1v) is 9.72. The van der Waals surface area contributed by atoms with Gasteiger partial charge in [0.05, 0.1) is 12.0 Å². The van der Waals surface area contributed by atoms with E-state index in [2.05, 4.69) is 11.7 Å². The molecule has 26 heavy (non-hydrogen) atoms. The highest BCUT2D eigenvalue weighted by Crippen LogP contribution is 2.34. The number of nitrogens with zero attached hydrogens (tertiary/aromatic N) is 1. The van der Waals surface area contributed by atoms with Crippen LogP contribution in [0, 0.1) is 31.0 Å². The maximum Gasteiger partial charge on any atom is 0.227 e.